The zero-order valence-corrected chi connectivity index (χ0v) is 6.81. The highest BCUT2D eigenvalue weighted by molar-refractivity contribution is 5.18. The Hall–Kier alpha value is -1.36. The molecule has 0 bridgehead atoms. The molecule has 1 unspecified atom stereocenters. The molecule has 5 nitrogen and oxygen atoms in total. The highest BCUT2D eigenvalue weighted by Gasteiger charge is 2.15. The molecule has 0 fully saturated rings. The van der Waals surface area contributed by atoms with Crippen LogP contribution in [0.2, 0.25) is 0 Å². The van der Waals surface area contributed by atoms with E-state index < -0.39 is 4.92 Å². The Morgan fingerprint density at radius 3 is 2.75 bits per heavy atom. The van der Waals surface area contributed by atoms with Crippen LogP contribution in [0.3, 0.4) is 0 Å². The highest BCUT2D eigenvalue weighted by Crippen LogP contribution is 2.22. The molecule has 1 atom stereocenters. The maximum Gasteiger partial charge on any atom is 0.433 e. The molecule has 0 aliphatic carbocycles. The van der Waals surface area contributed by atoms with Gasteiger partial charge in [-0.3, -0.25) is 10.1 Å². The van der Waals surface area contributed by atoms with Gasteiger partial charge in [-0.2, -0.15) is 0 Å². The van der Waals surface area contributed by atoms with Crippen molar-refractivity contribution < 1.29 is 14.1 Å². The van der Waals surface area contributed by atoms with E-state index in [-0.39, 0.29) is 12.0 Å². The van der Waals surface area contributed by atoms with Crippen molar-refractivity contribution in [3.8, 4) is 0 Å². The van der Waals surface area contributed by atoms with Crippen molar-refractivity contribution in [3.05, 3.63) is 28.0 Å². The molecule has 1 aromatic rings. The summed E-state index contributed by atoms with van der Waals surface area (Å²) in [6.07, 6.45) is -0.251. The van der Waals surface area contributed by atoms with Gasteiger partial charge in [0.25, 0.3) is 0 Å². The second-order valence-electron chi connectivity index (χ2n) is 2.31. The van der Waals surface area contributed by atoms with Crippen molar-refractivity contribution in [2.75, 3.05) is 7.11 Å². The quantitative estimate of drug-likeness (QED) is 0.514. The first-order valence-corrected chi connectivity index (χ1v) is 3.42. The number of nitro groups is 1. The van der Waals surface area contributed by atoms with E-state index in [9.17, 15) is 10.1 Å². The Morgan fingerprint density at radius 1 is 1.67 bits per heavy atom. The molecule has 5 heteroatoms. The van der Waals surface area contributed by atoms with Crippen LogP contribution in [-0.4, -0.2) is 12.0 Å². The van der Waals surface area contributed by atoms with Gasteiger partial charge in [-0.25, -0.2) is 0 Å². The Labute approximate surface area is 69.1 Å². The Balaban J connectivity index is 2.84. The summed E-state index contributed by atoms with van der Waals surface area (Å²) < 4.78 is 9.79. The maximum atomic E-state index is 10.2. The van der Waals surface area contributed by atoms with E-state index >= 15 is 0 Å². The van der Waals surface area contributed by atoms with Gasteiger partial charge in [0, 0.05) is 7.11 Å². The van der Waals surface area contributed by atoms with Crippen LogP contribution >= 0.6 is 0 Å². The van der Waals surface area contributed by atoms with E-state index in [4.69, 9.17) is 9.15 Å². The lowest BCUT2D eigenvalue weighted by Gasteiger charge is -2.02. The Bertz CT molecular complexity index is 281. The van der Waals surface area contributed by atoms with Crippen molar-refractivity contribution in [1.29, 1.82) is 0 Å². The summed E-state index contributed by atoms with van der Waals surface area (Å²) >= 11 is 0. The molecule has 0 N–H and O–H groups in total. The molecule has 1 heterocycles. The third-order valence-corrected chi connectivity index (χ3v) is 1.55. The first-order chi connectivity index (χ1) is 5.65. The highest BCUT2D eigenvalue weighted by atomic mass is 16.6. The van der Waals surface area contributed by atoms with Crippen LogP contribution in [0.1, 0.15) is 18.8 Å². The number of furan rings is 1. The zero-order valence-electron chi connectivity index (χ0n) is 6.81. The largest absolute Gasteiger partial charge is 0.433 e. The van der Waals surface area contributed by atoms with Crippen molar-refractivity contribution in [2.45, 2.75) is 13.0 Å². The Kier molecular flexibility index (Phi) is 2.44. The minimum Gasteiger partial charge on any atom is -0.403 e. The molecule has 0 saturated carbocycles. The SMILES string of the molecule is COC(C)c1ccc([N+](=O)[O-])o1. The fraction of sp³-hybridized carbons (Fsp3) is 0.429. The Morgan fingerprint density at radius 2 is 2.33 bits per heavy atom. The minimum atomic E-state index is -0.578. The van der Waals surface area contributed by atoms with Crippen LogP contribution in [0, 0.1) is 10.1 Å². The number of hydrogen-bond acceptors (Lipinski definition) is 4. The van der Waals surface area contributed by atoms with Crippen molar-refractivity contribution in [1.82, 2.24) is 0 Å². The van der Waals surface area contributed by atoms with Gasteiger partial charge in [0.1, 0.15) is 16.8 Å². The molecule has 0 aromatic carbocycles. The fourth-order valence-corrected chi connectivity index (χ4v) is 0.775. The van der Waals surface area contributed by atoms with Gasteiger partial charge >= 0.3 is 5.88 Å². The third kappa shape index (κ3) is 1.62. The van der Waals surface area contributed by atoms with Crippen molar-refractivity contribution in [3.63, 3.8) is 0 Å². The number of ether oxygens (including phenoxy) is 1. The molecule has 0 radical (unpaired) electrons. The lowest BCUT2D eigenvalue weighted by Crippen LogP contribution is -1.92. The summed E-state index contributed by atoms with van der Waals surface area (Å²) in [5.74, 6) is 0.207. The lowest BCUT2D eigenvalue weighted by atomic mass is 10.3. The number of hydrogen-bond donors (Lipinski definition) is 0. The molecule has 0 aliphatic heterocycles. The van der Waals surface area contributed by atoms with E-state index in [1.165, 1.54) is 19.2 Å². The number of rotatable bonds is 3. The predicted molar refractivity (Wildman–Crippen MR) is 40.8 cm³/mol. The van der Waals surface area contributed by atoms with Gasteiger partial charge < -0.3 is 9.15 Å². The fourth-order valence-electron chi connectivity index (χ4n) is 0.775. The first kappa shape index (κ1) is 8.73. The van der Waals surface area contributed by atoms with Crippen LogP contribution in [0.15, 0.2) is 16.5 Å². The zero-order chi connectivity index (χ0) is 9.14. The summed E-state index contributed by atoms with van der Waals surface area (Å²) in [7, 11) is 1.51. The number of methoxy groups -OCH3 is 1. The number of nitrogens with zero attached hydrogens (tertiary/aromatic N) is 1. The summed E-state index contributed by atoms with van der Waals surface area (Å²) in [4.78, 5) is 9.62. The molecular weight excluding hydrogens is 162 g/mol. The molecule has 0 amide bonds. The third-order valence-electron chi connectivity index (χ3n) is 1.55. The van der Waals surface area contributed by atoms with Crippen molar-refractivity contribution >= 4 is 5.88 Å². The van der Waals surface area contributed by atoms with Crippen LogP contribution in [-0.2, 0) is 4.74 Å². The minimum absolute atomic E-state index is 0.251. The molecular formula is C7H9NO4. The van der Waals surface area contributed by atoms with Gasteiger partial charge in [-0.05, 0) is 13.0 Å². The monoisotopic (exact) mass is 171 g/mol. The lowest BCUT2D eigenvalue weighted by molar-refractivity contribution is -0.402. The van der Waals surface area contributed by atoms with E-state index in [0.717, 1.165) is 0 Å². The van der Waals surface area contributed by atoms with Gasteiger partial charge in [-0.1, -0.05) is 0 Å². The van der Waals surface area contributed by atoms with E-state index in [1.807, 2.05) is 0 Å². The molecule has 0 spiro atoms. The van der Waals surface area contributed by atoms with Gasteiger partial charge in [0.15, 0.2) is 0 Å². The molecule has 1 aromatic heterocycles. The molecule has 0 aliphatic rings. The second kappa shape index (κ2) is 3.36. The van der Waals surface area contributed by atoms with Gasteiger partial charge in [-0.15, -0.1) is 0 Å². The van der Waals surface area contributed by atoms with Crippen LogP contribution < -0.4 is 0 Å². The van der Waals surface area contributed by atoms with E-state index in [0.29, 0.717) is 5.76 Å². The molecule has 12 heavy (non-hydrogen) atoms. The summed E-state index contributed by atoms with van der Waals surface area (Å²) in [5.41, 5.74) is 0. The smallest absolute Gasteiger partial charge is 0.403 e. The van der Waals surface area contributed by atoms with E-state index in [2.05, 4.69) is 0 Å². The normalized spacial score (nSPS) is 12.8. The van der Waals surface area contributed by atoms with Gasteiger partial charge in [0.2, 0.25) is 0 Å². The van der Waals surface area contributed by atoms with E-state index in [1.54, 1.807) is 6.92 Å². The second-order valence-corrected chi connectivity index (χ2v) is 2.31. The topological polar surface area (TPSA) is 65.5 Å². The van der Waals surface area contributed by atoms with Crippen molar-refractivity contribution in [2.24, 2.45) is 0 Å². The van der Waals surface area contributed by atoms with Crippen LogP contribution in [0.5, 0.6) is 0 Å². The standard InChI is InChI=1S/C7H9NO4/c1-5(11-2)6-3-4-7(12-6)8(9)10/h3-5H,1-2H3. The van der Waals surface area contributed by atoms with Crippen LogP contribution in [0.4, 0.5) is 5.88 Å². The maximum absolute atomic E-state index is 10.2. The average molecular weight is 171 g/mol. The van der Waals surface area contributed by atoms with Gasteiger partial charge in [0.05, 0.1) is 6.07 Å². The molecule has 0 saturated heterocycles. The summed E-state index contributed by atoms with van der Waals surface area (Å²) in [5, 5.41) is 10.2. The average Bonchev–Trinajstić information content (AvgIpc) is 2.51. The predicted octanol–water partition coefficient (Wildman–Crippen LogP) is 1.90. The molecule has 1 rings (SSSR count). The summed E-state index contributed by atoms with van der Waals surface area (Å²) in [6.45, 7) is 1.75. The van der Waals surface area contributed by atoms with Crippen LogP contribution in [0.25, 0.3) is 0 Å². The first-order valence-electron chi connectivity index (χ1n) is 3.42. The summed E-state index contributed by atoms with van der Waals surface area (Å²) in [6, 6.07) is 2.84. The molecule has 66 valence electrons.